The number of hydrogen-bond acceptors (Lipinski definition) is 2. The van der Waals surface area contributed by atoms with E-state index in [1.54, 1.807) is 0 Å². The lowest BCUT2D eigenvalue weighted by molar-refractivity contribution is 0.660. The van der Waals surface area contributed by atoms with Gasteiger partial charge in [-0.2, -0.15) is 0 Å². The predicted molar refractivity (Wildman–Crippen MR) is 671 cm³/mol. The van der Waals surface area contributed by atoms with Crippen molar-refractivity contribution in [3.8, 4) is 11.1 Å². The Kier molecular flexibility index (Phi) is 91.2. The molecule has 3 aromatic heterocycles. The number of fused-ring (bicyclic) bond motifs is 16. The van der Waals surface area contributed by atoms with Crippen LogP contribution in [-0.4, -0.2) is 4.57 Å². The highest BCUT2D eigenvalue weighted by molar-refractivity contribution is 7.25. The van der Waals surface area contributed by atoms with Crippen LogP contribution in [0.1, 0.15) is 307 Å². The normalized spacial score (nSPS) is 9.18. The van der Waals surface area contributed by atoms with Crippen LogP contribution < -0.4 is 0 Å². The zero-order chi connectivity index (χ0) is 109. The summed E-state index contributed by atoms with van der Waals surface area (Å²) < 4.78 is 10.6. The first-order valence-corrected chi connectivity index (χ1v) is 55.8. The maximum atomic E-state index is 5.65. The maximum absolute atomic E-state index is 5.65. The highest BCUT2D eigenvalue weighted by Crippen LogP contribution is 2.48. The Morgan fingerprint density at radius 3 is 0.683 bits per heavy atom. The molecule has 0 saturated carbocycles. The standard InChI is InChI=1S/C16H10.C15H14.C14H10.C13H11N.C12H8O.C12H8S.C10H8.C7H8.20C2H6/c1-3-11-7-9-13-5-2-6-14-10-8-12(4-1)15(11)16(13)14;1-15(2)13-9-5-3-7-11(13)12-8-4-6-10-14(12)15;1-3-7-13-11(5-1)9-10-12-6-2-4-8-14(12)13;1-14-12-8-4-2-6-10(12)11-7-3-5-9-13(11)14;2*1-3-7-11-9(5-1)10-6-2-4-8-12(10)13-11;1-2-6-10-8-4-3-7-9(10)5-1;1-7-5-3-2-4-6-7;20*1-2/h1-10H;3-10H,1-2H3;1-10H;2-9H,1H3;2*1-8H;1-8H;2-6H,1H3;20*1-2H3. The average Bonchev–Trinajstić information content (AvgIpc) is 1.68. The summed E-state index contributed by atoms with van der Waals surface area (Å²) >= 11 is 1.86. The molecule has 1 aliphatic rings. The second-order valence-electron chi connectivity index (χ2n) is 26.3. The summed E-state index contributed by atoms with van der Waals surface area (Å²) in [5, 5.41) is 23.9. The van der Waals surface area contributed by atoms with E-state index in [9.17, 15) is 0 Å². The Balaban J connectivity index is -0.000000355. The van der Waals surface area contributed by atoms with Gasteiger partial charge in [0.1, 0.15) is 11.2 Å². The molecule has 0 amide bonds. The summed E-state index contributed by atoms with van der Waals surface area (Å²) in [7, 11) is 2.12. The highest BCUT2D eigenvalue weighted by atomic mass is 32.1. The quantitative estimate of drug-likeness (QED) is 0.138. The third-order valence-corrected chi connectivity index (χ3v) is 20.7. The van der Waals surface area contributed by atoms with Gasteiger partial charge in [-0.1, -0.05) is 654 Å². The molecule has 0 fully saturated rings. The molecule has 22 rings (SSSR count). The monoisotopic (exact) mass is 1930 g/mol. The molecule has 0 atom stereocenters. The van der Waals surface area contributed by atoms with E-state index < -0.39 is 0 Å². The van der Waals surface area contributed by atoms with Gasteiger partial charge >= 0.3 is 0 Å². The summed E-state index contributed by atoms with van der Waals surface area (Å²) in [6.07, 6.45) is 0. The minimum Gasteiger partial charge on any atom is -0.456 e. The summed E-state index contributed by atoms with van der Waals surface area (Å²) in [5.74, 6) is 0. The molecule has 18 aromatic carbocycles. The molecular formula is C139H197NOS. The molecule has 770 valence electrons. The van der Waals surface area contributed by atoms with Crippen molar-refractivity contribution in [2.75, 3.05) is 0 Å². The summed E-state index contributed by atoms with van der Waals surface area (Å²) in [4.78, 5) is 0. The molecule has 0 unspecified atom stereocenters. The van der Waals surface area contributed by atoms with Crippen LogP contribution >= 0.6 is 11.3 Å². The number of benzene rings is 18. The van der Waals surface area contributed by atoms with Crippen molar-refractivity contribution in [3.63, 3.8) is 0 Å². The van der Waals surface area contributed by atoms with Gasteiger partial charge in [0.05, 0.1) is 0 Å². The fourth-order valence-corrected chi connectivity index (χ4v) is 15.5. The third-order valence-electron chi connectivity index (χ3n) is 19.5. The van der Waals surface area contributed by atoms with Crippen LogP contribution in [0.15, 0.2) is 399 Å². The predicted octanol–water partition coefficient (Wildman–Crippen LogP) is 48.9. The van der Waals surface area contributed by atoms with E-state index >= 15 is 0 Å². The van der Waals surface area contributed by atoms with Crippen LogP contribution in [-0.2, 0) is 12.5 Å². The molecule has 21 aromatic rings. The van der Waals surface area contributed by atoms with Gasteiger partial charge in [0.15, 0.2) is 0 Å². The Morgan fingerprint density at radius 2 is 0.394 bits per heavy atom. The molecule has 2 nitrogen and oxygen atoms in total. The van der Waals surface area contributed by atoms with Crippen molar-refractivity contribution in [1.29, 1.82) is 0 Å². The molecule has 0 aliphatic heterocycles. The van der Waals surface area contributed by atoms with Crippen LogP contribution in [0.25, 0.3) is 140 Å². The van der Waals surface area contributed by atoms with Crippen molar-refractivity contribution in [1.82, 2.24) is 4.57 Å². The molecular weight excluding hydrogens is 1730 g/mol. The lowest BCUT2D eigenvalue weighted by Gasteiger charge is -2.20. The van der Waals surface area contributed by atoms with E-state index in [0.717, 1.165) is 11.2 Å². The van der Waals surface area contributed by atoms with Gasteiger partial charge in [-0.25, -0.2) is 0 Å². The molecule has 0 radical (unpaired) electrons. The van der Waals surface area contributed by atoms with Crippen molar-refractivity contribution in [2.45, 2.75) is 303 Å². The Bertz CT molecular complexity index is 5850. The SMILES string of the molecule is CC.CC.CC.CC.CC.CC.CC.CC.CC.CC.CC.CC.CC.CC.CC.CC.CC.CC.CC.CC.CC1(C)c2ccccc2-c2ccccc21.Cc1ccccc1.Cn1c2ccccc2c2ccccc21.c1cc2ccc3cccc4ccc(c1)c2c34.c1ccc2c(c1)ccc1ccccc12.c1ccc2c(c1)oc1ccccc12.c1ccc2c(c1)sc1ccccc12.c1ccc2ccccc2c1. The van der Waals surface area contributed by atoms with Gasteiger partial charge in [-0.3, -0.25) is 0 Å². The molecule has 1 aliphatic carbocycles. The fraction of sp³-hybridized carbons (Fsp3) is 0.324. The molecule has 0 N–H and O–H groups in total. The lowest BCUT2D eigenvalue weighted by atomic mass is 9.82. The molecule has 0 spiro atoms. The molecule has 0 saturated heterocycles. The first-order chi connectivity index (χ1) is 70.2. The Labute approximate surface area is 874 Å². The van der Waals surface area contributed by atoms with Crippen LogP contribution in [0.4, 0.5) is 0 Å². The van der Waals surface area contributed by atoms with Crippen LogP contribution in [0.5, 0.6) is 0 Å². The number of rotatable bonds is 0. The molecule has 142 heavy (non-hydrogen) atoms. The van der Waals surface area contributed by atoms with Crippen molar-refractivity contribution in [2.24, 2.45) is 7.05 Å². The number of para-hydroxylation sites is 4. The van der Waals surface area contributed by atoms with Gasteiger partial charge in [0, 0.05) is 65.2 Å². The minimum absolute atomic E-state index is 0.160. The van der Waals surface area contributed by atoms with Crippen molar-refractivity contribution >= 4 is 140 Å². The smallest absolute Gasteiger partial charge is 0.135 e. The number of aryl methyl sites for hydroxylation is 2. The van der Waals surface area contributed by atoms with Crippen LogP contribution in [0, 0.1) is 6.92 Å². The zero-order valence-corrected chi connectivity index (χ0v) is 98.6. The number of nitrogens with zero attached hydrogens (tertiary/aromatic N) is 1. The number of furan rings is 1. The van der Waals surface area contributed by atoms with E-state index in [4.69, 9.17) is 4.42 Å². The summed E-state index contributed by atoms with van der Waals surface area (Å²) in [5.41, 5.74) is 11.7. The first kappa shape index (κ1) is 140. The Morgan fingerprint density at radius 1 is 0.183 bits per heavy atom. The second-order valence-corrected chi connectivity index (χ2v) is 27.4. The van der Waals surface area contributed by atoms with E-state index in [1.807, 2.05) is 343 Å². The average molecular weight is 1930 g/mol. The first-order valence-electron chi connectivity index (χ1n) is 55.0. The number of thiophene rings is 1. The van der Waals surface area contributed by atoms with Gasteiger partial charge in [0.25, 0.3) is 0 Å². The molecule has 3 heterocycles. The van der Waals surface area contributed by atoms with E-state index in [-0.39, 0.29) is 5.41 Å². The van der Waals surface area contributed by atoms with Crippen molar-refractivity contribution < 1.29 is 4.42 Å². The number of aromatic nitrogens is 1. The van der Waals surface area contributed by atoms with E-state index in [2.05, 4.69) is 372 Å². The van der Waals surface area contributed by atoms with Crippen LogP contribution in [0.3, 0.4) is 0 Å². The highest BCUT2D eigenvalue weighted by Gasteiger charge is 2.34. The fourth-order valence-electron chi connectivity index (χ4n) is 14.4. The molecule has 0 bridgehead atoms. The second kappa shape index (κ2) is 92.3. The lowest BCUT2D eigenvalue weighted by Crippen LogP contribution is -2.14. The maximum Gasteiger partial charge on any atom is 0.135 e. The summed E-state index contributed by atoms with van der Waals surface area (Å²) in [6.45, 7) is 86.7. The largest absolute Gasteiger partial charge is 0.456 e. The molecule has 3 heteroatoms. The zero-order valence-electron chi connectivity index (χ0n) is 97.8. The van der Waals surface area contributed by atoms with Gasteiger partial charge in [-0.05, 0) is 130 Å². The third kappa shape index (κ3) is 42.8. The Hall–Kier alpha value is -12.4. The minimum atomic E-state index is 0.160. The van der Waals surface area contributed by atoms with E-state index in [0.29, 0.717) is 0 Å². The van der Waals surface area contributed by atoms with Gasteiger partial charge < -0.3 is 8.98 Å². The number of hydrogen-bond donors (Lipinski definition) is 0. The van der Waals surface area contributed by atoms with Crippen molar-refractivity contribution in [3.05, 3.63) is 411 Å². The topological polar surface area (TPSA) is 18.1 Å². The van der Waals surface area contributed by atoms with Gasteiger partial charge in [-0.15, -0.1) is 11.3 Å². The van der Waals surface area contributed by atoms with Gasteiger partial charge in [0.2, 0.25) is 0 Å². The van der Waals surface area contributed by atoms with Crippen LogP contribution in [0.2, 0.25) is 0 Å². The van der Waals surface area contributed by atoms with E-state index in [1.165, 1.54) is 145 Å². The summed E-state index contributed by atoms with van der Waals surface area (Å²) in [6, 6.07) is 138.